The molecule has 3 N–H and O–H groups in total. The minimum atomic E-state index is -3.67. The van der Waals surface area contributed by atoms with E-state index in [2.05, 4.69) is 19.9 Å². The second kappa shape index (κ2) is 4.39. The number of aromatic nitrogens is 4. The third-order valence-corrected chi connectivity index (χ3v) is 4.51. The van der Waals surface area contributed by atoms with Gasteiger partial charge in [-0.15, -0.1) is 10.2 Å². The minimum Gasteiger partial charge on any atom is -0.374 e. The molecule has 0 amide bonds. The lowest BCUT2D eigenvalue weighted by Crippen LogP contribution is -2.24. The largest absolute Gasteiger partial charge is 0.374 e. The highest BCUT2D eigenvalue weighted by molar-refractivity contribution is 7.91. The number of nitrogens with zero attached hydrogens (tertiary/aromatic N) is 4. The zero-order valence-corrected chi connectivity index (χ0v) is 10.5. The van der Waals surface area contributed by atoms with Gasteiger partial charge in [-0.3, -0.25) is 0 Å². The van der Waals surface area contributed by atoms with Crippen LogP contribution in [0, 0.1) is 0 Å². The fourth-order valence-corrected chi connectivity index (χ4v) is 2.92. The lowest BCUT2D eigenvalue weighted by molar-refractivity contribution is 0.575. The summed E-state index contributed by atoms with van der Waals surface area (Å²) in [6.07, 6.45) is 3.32. The number of rotatable bonds is 4. The number of imidazole rings is 1. The van der Waals surface area contributed by atoms with E-state index >= 15 is 0 Å². The van der Waals surface area contributed by atoms with Gasteiger partial charge in [-0.2, -0.15) is 0 Å². The average Bonchev–Trinajstić information content (AvgIpc) is 2.85. The van der Waals surface area contributed by atoms with Crippen molar-refractivity contribution in [1.82, 2.24) is 24.5 Å². The summed E-state index contributed by atoms with van der Waals surface area (Å²) in [5.74, 6) is 0.603. The maximum atomic E-state index is 11.8. The highest BCUT2D eigenvalue weighted by atomic mass is 32.2. The number of anilines is 1. The Hall–Kier alpha value is -1.52. The molecule has 2 aromatic rings. The SMILES string of the molecule is Cn1ccnc1CNS(=O)(=O)c1nnc(N)s1. The van der Waals surface area contributed by atoms with E-state index in [9.17, 15) is 8.42 Å². The zero-order valence-electron chi connectivity index (χ0n) is 8.86. The molecule has 2 aromatic heterocycles. The van der Waals surface area contributed by atoms with Crippen molar-refractivity contribution >= 4 is 26.5 Å². The predicted octanol–water partition coefficient (Wildman–Crippen LogP) is -0.668. The first kappa shape index (κ1) is 12.0. The molecule has 92 valence electrons. The summed E-state index contributed by atoms with van der Waals surface area (Å²) in [6.45, 7) is 0.0886. The van der Waals surface area contributed by atoms with Gasteiger partial charge in [0.25, 0.3) is 10.0 Å². The van der Waals surface area contributed by atoms with Crippen molar-refractivity contribution in [2.45, 2.75) is 10.9 Å². The van der Waals surface area contributed by atoms with Crippen LogP contribution in [0.1, 0.15) is 5.82 Å². The molecule has 2 heterocycles. The summed E-state index contributed by atoms with van der Waals surface area (Å²) >= 11 is 0.814. The number of nitrogens with two attached hydrogens (primary N) is 1. The fraction of sp³-hybridized carbons (Fsp3) is 0.286. The first-order chi connectivity index (χ1) is 7.99. The summed E-state index contributed by atoms with van der Waals surface area (Å²) in [6, 6.07) is 0. The molecule has 0 aliphatic carbocycles. The van der Waals surface area contributed by atoms with Crippen molar-refractivity contribution in [2.24, 2.45) is 7.05 Å². The van der Waals surface area contributed by atoms with Gasteiger partial charge in [0.2, 0.25) is 9.47 Å². The molecule has 0 aromatic carbocycles. The summed E-state index contributed by atoms with van der Waals surface area (Å²) in [7, 11) is -1.89. The van der Waals surface area contributed by atoms with E-state index in [0.717, 1.165) is 11.3 Å². The van der Waals surface area contributed by atoms with Crippen molar-refractivity contribution in [3.63, 3.8) is 0 Å². The van der Waals surface area contributed by atoms with Gasteiger partial charge in [-0.25, -0.2) is 18.1 Å². The molecule has 10 heteroatoms. The predicted molar refractivity (Wildman–Crippen MR) is 61.6 cm³/mol. The van der Waals surface area contributed by atoms with E-state index in [-0.39, 0.29) is 16.0 Å². The maximum absolute atomic E-state index is 11.8. The zero-order chi connectivity index (χ0) is 12.5. The molecule has 0 aliphatic rings. The van der Waals surface area contributed by atoms with Crippen LogP contribution in [0.5, 0.6) is 0 Å². The second-order valence-corrected chi connectivity index (χ2v) is 6.13. The van der Waals surface area contributed by atoms with Crippen LogP contribution < -0.4 is 10.5 Å². The van der Waals surface area contributed by atoms with Crippen molar-refractivity contribution in [1.29, 1.82) is 0 Å². The van der Waals surface area contributed by atoms with Gasteiger partial charge in [0.1, 0.15) is 5.82 Å². The monoisotopic (exact) mass is 274 g/mol. The van der Waals surface area contributed by atoms with Crippen molar-refractivity contribution in [3.8, 4) is 0 Å². The van der Waals surface area contributed by atoms with Crippen LogP contribution in [-0.4, -0.2) is 28.2 Å². The molecule has 2 rings (SSSR count). The van der Waals surface area contributed by atoms with Gasteiger partial charge in [0.05, 0.1) is 6.54 Å². The Kier molecular flexibility index (Phi) is 3.09. The summed E-state index contributed by atoms with van der Waals surface area (Å²) in [4.78, 5) is 4.00. The van der Waals surface area contributed by atoms with Gasteiger partial charge in [-0.05, 0) is 0 Å². The highest BCUT2D eigenvalue weighted by Crippen LogP contribution is 2.16. The molecule has 8 nitrogen and oxygen atoms in total. The molecule has 0 unspecified atom stereocenters. The third kappa shape index (κ3) is 2.60. The van der Waals surface area contributed by atoms with Gasteiger partial charge < -0.3 is 10.3 Å². The van der Waals surface area contributed by atoms with E-state index in [4.69, 9.17) is 5.73 Å². The molecule has 0 spiro atoms. The van der Waals surface area contributed by atoms with Crippen LogP contribution >= 0.6 is 11.3 Å². The Balaban J connectivity index is 2.11. The number of hydrogen-bond acceptors (Lipinski definition) is 7. The Morgan fingerprint density at radius 2 is 2.29 bits per heavy atom. The molecule has 0 atom stereocenters. The molecule has 0 bridgehead atoms. The van der Waals surface area contributed by atoms with E-state index in [1.54, 1.807) is 24.0 Å². The molecule has 17 heavy (non-hydrogen) atoms. The molecule has 0 saturated carbocycles. The van der Waals surface area contributed by atoms with E-state index in [1.807, 2.05) is 0 Å². The molecular weight excluding hydrogens is 264 g/mol. The van der Waals surface area contributed by atoms with Gasteiger partial charge in [0, 0.05) is 19.4 Å². The van der Waals surface area contributed by atoms with E-state index < -0.39 is 10.0 Å². The summed E-state index contributed by atoms with van der Waals surface area (Å²) < 4.78 is 27.5. The van der Waals surface area contributed by atoms with Crippen LogP contribution in [0.3, 0.4) is 0 Å². The Morgan fingerprint density at radius 3 is 2.82 bits per heavy atom. The average molecular weight is 274 g/mol. The van der Waals surface area contributed by atoms with Crippen LogP contribution in [-0.2, 0) is 23.6 Å². The van der Waals surface area contributed by atoms with E-state index in [1.165, 1.54) is 0 Å². The Labute approximate surface area is 102 Å². The number of sulfonamides is 1. The van der Waals surface area contributed by atoms with Crippen LogP contribution in [0.4, 0.5) is 5.13 Å². The lowest BCUT2D eigenvalue weighted by Gasteiger charge is -2.03. The Morgan fingerprint density at radius 1 is 1.53 bits per heavy atom. The van der Waals surface area contributed by atoms with E-state index in [0.29, 0.717) is 5.82 Å². The highest BCUT2D eigenvalue weighted by Gasteiger charge is 2.19. The third-order valence-electron chi connectivity index (χ3n) is 1.99. The summed E-state index contributed by atoms with van der Waals surface area (Å²) in [5.41, 5.74) is 5.33. The van der Waals surface area contributed by atoms with Crippen molar-refractivity contribution in [3.05, 3.63) is 18.2 Å². The topological polar surface area (TPSA) is 116 Å². The van der Waals surface area contributed by atoms with Gasteiger partial charge >= 0.3 is 0 Å². The van der Waals surface area contributed by atoms with Crippen LogP contribution in [0.25, 0.3) is 0 Å². The molecule has 0 aliphatic heterocycles. The maximum Gasteiger partial charge on any atom is 0.270 e. The lowest BCUT2D eigenvalue weighted by atomic mass is 10.6. The van der Waals surface area contributed by atoms with Crippen LogP contribution in [0.2, 0.25) is 0 Å². The number of nitrogens with one attached hydrogen (secondary N) is 1. The normalized spacial score (nSPS) is 11.8. The standard InChI is InChI=1S/C7H10N6O2S2/c1-13-3-2-9-5(13)4-10-17(14,15)7-12-11-6(8)16-7/h2-3,10H,4H2,1H3,(H2,8,11). The van der Waals surface area contributed by atoms with Gasteiger partial charge in [-0.1, -0.05) is 11.3 Å². The first-order valence-corrected chi connectivity index (χ1v) is 6.84. The fourth-order valence-electron chi connectivity index (χ4n) is 1.12. The van der Waals surface area contributed by atoms with Crippen LogP contribution in [0.15, 0.2) is 16.7 Å². The first-order valence-electron chi connectivity index (χ1n) is 4.54. The van der Waals surface area contributed by atoms with Gasteiger partial charge in [0.15, 0.2) is 0 Å². The smallest absolute Gasteiger partial charge is 0.270 e. The second-order valence-electron chi connectivity index (χ2n) is 3.19. The molecule has 0 radical (unpaired) electrons. The van der Waals surface area contributed by atoms with Crippen molar-refractivity contribution in [2.75, 3.05) is 5.73 Å². The summed E-state index contributed by atoms with van der Waals surface area (Å²) in [5, 5.41) is 7.04. The molecular formula is C7H10N6O2S2. The number of hydrogen-bond donors (Lipinski definition) is 2. The molecule has 0 fully saturated rings. The Bertz CT molecular complexity index is 616. The number of nitrogen functional groups attached to an aromatic ring is 1. The quantitative estimate of drug-likeness (QED) is 0.764. The van der Waals surface area contributed by atoms with Crippen molar-refractivity contribution < 1.29 is 8.42 Å². The molecule has 0 saturated heterocycles. The number of aryl methyl sites for hydroxylation is 1. The minimum absolute atomic E-state index is 0.0886.